The lowest BCUT2D eigenvalue weighted by atomic mass is 10.0. The number of likely N-dealkylation sites (tertiary alicyclic amines) is 1. The number of carbonyl (C=O) groups excluding carboxylic acids is 1. The molecule has 0 spiro atoms. The Morgan fingerprint density at radius 1 is 1.16 bits per heavy atom. The summed E-state index contributed by atoms with van der Waals surface area (Å²) in [6, 6.07) is 0.853. The Labute approximate surface area is 117 Å². The number of piperidine rings is 1. The number of amides is 2. The Bertz CT molecular complexity index is 269. The van der Waals surface area contributed by atoms with Crippen LogP contribution in [0, 0.1) is 0 Å². The molecule has 1 N–H and O–H groups in total. The van der Waals surface area contributed by atoms with Gasteiger partial charge in [0, 0.05) is 32.7 Å². The number of hydrogen-bond acceptors (Lipinski definition) is 2. The molecule has 0 aromatic heterocycles. The summed E-state index contributed by atoms with van der Waals surface area (Å²) in [5.74, 6) is 0. The fourth-order valence-corrected chi connectivity index (χ4v) is 3.12. The molecule has 4 heteroatoms. The SMILES string of the molecule is CN(CCC1CCCCN1)C(=O)N1CCCCCC1. The zero-order chi connectivity index (χ0) is 13.5. The quantitative estimate of drug-likeness (QED) is 0.852. The molecule has 0 saturated carbocycles. The van der Waals surface area contributed by atoms with E-state index in [1.54, 1.807) is 0 Å². The van der Waals surface area contributed by atoms with E-state index >= 15 is 0 Å². The number of rotatable bonds is 3. The Kier molecular flexibility index (Phi) is 5.95. The van der Waals surface area contributed by atoms with Crippen molar-refractivity contribution in [3.05, 3.63) is 0 Å². The van der Waals surface area contributed by atoms with Gasteiger partial charge in [0.05, 0.1) is 0 Å². The molecule has 0 radical (unpaired) electrons. The zero-order valence-corrected chi connectivity index (χ0v) is 12.4. The van der Waals surface area contributed by atoms with Crippen LogP contribution in [0.15, 0.2) is 0 Å². The van der Waals surface area contributed by atoms with Crippen LogP contribution < -0.4 is 5.32 Å². The molecule has 2 aliphatic rings. The molecule has 2 saturated heterocycles. The average molecular weight is 267 g/mol. The molecule has 0 aromatic carbocycles. The van der Waals surface area contributed by atoms with Crippen LogP contribution in [0.5, 0.6) is 0 Å². The van der Waals surface area contributed by atoms with E-state index in [1.165, 1.54) is 44.9 Å². The normalized spacial score (nSPS) is 24.9. The molecule has 2 heterocycles. The summed E-state index contributed by atoms with van der Waals surface area (Å²) in [4.78, 5) is 16.3. The highest BCUT2D eigenvalue weighted by Crippen LogP contribution is 2.13. The summed E-state index contributed by atoms with van der Waals surface area (Å²) in [5.41, 5.74) is 0. The van der Waals surface area contributed by atoms with E-state index in [0.717, 1.165) is 32.6 Å². The van der Waals surface area contributed by atoms with Crippen molar-refractivity contribution in [2.75, 3.05) is 33.2 Å². The minimum absolute atomic E-state index is 0.234. The lowest BCUT2D eigenvalue weighted by Gasteiger charge is -2.29. The number of hydrogen-bond donors (Lipinski definition) is 1. The minimum Gasteiger partial charge on any atom is -0.328 e. The van der Waals surface area contributed by atoms with Crippen LogP contribution in [0.3, 0.4) is 0 Å². The van der Waals surface area contributed by atoms with Crippen molar-refractivity contribution in [1.82, 2.24) is 15.1 Å². The van der Waals surface area contributed by atoms with Gasteiger partial charge < -0.3 is 15.1 Å². The van der Waals surface area contributed by atoms with Gasteiger partial charge in [0.1, 0.15) is 0 Å². The van der Waals surface area contributed by atoms with Crippen LogP contribution in [0.25, 0.3) is 0 Å². The lowest BCUT2D eigenvalue weighted by molar-refractivity contribution is 0.161. The van der Waals surface area contributed by atoms with Crippen LogP contribution >= 0.6 is 0 Å². The molecule has 0 bridgehead atoms. The lowest BCUT2D eigenvalue weighted by Crippen LogP contribution is -2.44. The van der Waals surface area contributed by atoms with E-state index in [1.807, 2.05) is 16.8 Å². The van der Waals surface area contributed by atoms with Crippen LogP contribution in [0.4, 0.5) is 4.79 Å². The van der Waals surface area contributed by atoms with Crippen molar-refractivity contribution in [2.45, 2.75) is 57.4 Å². The van der Waals surface area contributed by atoms with Crippen LogP contribution in [-0.4, -0.2) is 55.1 Å². The maximum Gasteiger partial charge on any atom is 0.319 e. The van der Waals surface area contributed by atoms with Crippen molar-refractivity contribution < 1.29 is 4.79 Å². The molecule has 2 rings (SSSR count). The summed E-state index contributed by atoms with van der Waals surface area (Å²) < 4.78 is 0. The second kappa shape index (κ2) is 7.73. The molecule has 2 aliphatic heterocycles. The fourth-order valence-electron chi connectivity index (χ4n) is 3.12. The Balaban J connectivity index is 1.71. The van der Waals surface area contributed by atoms with Gasteiger partial charge in [-0.1, -0.05) is 19.3 Å². The Hall–Kier alpha value is -0.770. The Morgan fingerprint density at radius 2 is 1.89 bits per heavy atom. The second-order valence-corrected chi connectivity index (χ2v) is 6.04. The Morgan fingerprint density at radius 3 is 2.53 bits per heavy atom. The van der Waals surface area contributed by atoms with Crippen molar-refractivity contribution >= 4 is 6.03 Å². The van der Waals surface area contributed by atoms with Gasteiger partial charge in [0.25, 0.3) is 0 Å². The van der Waals surface area contributed by atoms with Crippen LogP contribution in [-0.2, 0) is 0 Å². The third kappa shape index (κ3) is 4.68. The zero-order valence-electron chi connectivity index (χ0n) is 12.4. The molecule has 1 atom stereocenters. The molecular formula is C15H29N3O. The standard InChI is InChI=1S/C15H29N3O/c1-17(13-9-14-8-4-5-10-16-14)15(19)18-11-6-2-3-7-12-18/h14,16H,2-13H2,1H3. The third-order valence-corrected chi connectivity index (χ3v) is 4.43. The molecule has 1 unspecified atom stereocenters. The predicted molar refractivity (Wildman–Crippen MR) is 78.3 cm³/mol. The smallest absolute Gasteiger partial charge is 0.319 e. The molecule has 110 valence electrons. The summed E-state index contributed by atoms with van der Waals surface area (Å²) in [5, 5.41) is 3.55. The molecule has 0 aliphatic carbocycles. The van der Waals surface area contributed by atoms with Gasteiger partial charge in [-0.05, 0) is 38.6 Å². The second-order valence-electron chi connectivity index (χ2n) is 6.04. The number of nitrogens with one attached hydrogen (secondary N) is 1. The van der Waals surface area contributed by atoms with Gasteiger partial charge in [-0.2, -0.15) is 0 Å². The van der Waals surface area contributed by atoms with Gasteiger partial charge in [0.15, 0.2) is 0 Å². The first-order valence-corrected chi connectivity index (χ1v) is 8.01. The fraction of sp³-hybridized carbons (Fsp3) is 0.933. The van der Waals surface area contributed by atoms with E-state index in [2.05, 4.69) is 5.32 Å². The monoisotopic (exact) mass is 267 g/mol. The van der Waals surface area contributed by atoms with Gasteiger partial charge in [-0.3, -0.25) is 0 Å². The highest BCUT2D eigenvalue weighted by molar-refractivity contribution is 5.74. The van der Waals surface area contributed by atoms with Gasteiger partial charge in [-0.15, -0.1) is 0 Å². The summed E-state index contributed by atoms with van der Waals surface area (Å²) >= 11 is 0. The number of nitrogens with zero attached hydrogens (tertiary/aromatic N) is 2. The summed E-state index contributed by atoms with van der Waals surface area (Å²) in [7, 11) is 1.95. The molecule has 2 amide bonds. The van der Waals surface area contributed by atoms with E-state index in [-0.39, 0.29) is 6.03 Å². The number of urea groups is 1. The van der Waals surface area contributed by atoms with Crippen LogP contribution in [0.1, 0.15) is 51.4 Å². The average Bonchev–Trinajstić information content (AvgIpc) is 2.74. The van der Waals surface area contributed by atoms with Crippen LogP contribution in [0.2, 0.25) is 0 Å². The van der Waals surface area contributed by atoms with E-state index < -0.39 is 0 Å². The first-order valence-electron chi connectivity index (χ1n) is 8.01. The summed E-state index contributed by atoms with van der Waals surface area (Å²) in [6.07, 6.45) is 9.90. The molecule has 4 nitrogen and oxygen atoms in total. The summed E-state index contributed by atoms with van der Waals surface area (Å²) in [6.45, 7) is 3.93. The first-order chi connectivity index (χ1) is 9.27. The molecule has 19 heavy (non-hydrogen) atoms. The van der Waals surface area contributed by atoms with E-state index in [0.29, 0.717) is 6.04 Å². The highest BCUT2D eigenvalue weighted by atomic mass is 16.2. The topological polar surface area (TPSA) is 35.6 Å². The largest absolute Gasteiger partial charge is 0.328 e. The molecular weight excluding hydrogens is 238 g/mol. The third-order valence-electron chi connectivity index (χ3n) is 4.43. The number of carbonyl (C=O) groups is 1. The maximum atomic E-state index is 12.4. The first kappa shape index (κ1) is 14.6. The van der Waals surface area contributed by atoms with Gasteiger partial charge in [0.2, 0.25) is 0 Å². The van der Waals surface area contributed by atoms with Gasteiger partial charge in [-0.25, -0.2) is 4.79 Å². The van der Waals surface area contributed by atoms with E-state index in [4.69, 9.17) is 0 Å². The highest BCUT2D eigenvalue weighted by Gasteiger charge is 2.20. The van der Waals surface area contributed by atoms with E-state index in [9.17, 15) is 4.79 Å². The maximum absolute atomic E-state index is 12.4. The molecule has 0 aromatic rings. The van der Waals surface area contributed by atoms with Crippen molar-refractivity contribution in [3.63, 3.8) is 0 Å². The van der Waals surface area contributed by atoms with Crippen molar-refractivity contribution in [3.8, 4) is 0 Å². The van der Waals surface area contributed by atoms with Crippen molar-refractivity contribution in [1.29, 1.82) is 0 Å². The van der Waals surface area contributed by atoms with Gasteiger partial charge >= 0.3 is 6.03 Å². The predicted octanol–water partition coefficient (Wildman–Crippen LogP) is 2.45. The van der Waals surface area contributed by atoms with Crippen molar-refractivity contribution in [2.24, 2.45) is 0 Å². The minimum atomic E-state index is 0.234. The molecule has 2 fully saturated rings.